The third kappa shape index (κ3) is 5.94. The van der Waals surface area contributed by atoms with Gasteiger partial charge in [-0.25, -0.2) is 9.69 Å². The predicted octanol–water partition coefficient (Wildman–Crippen LogP) is 7.91. The van der Waals surface area contributed by atoms with E-state index in [0.717, 1.165) is 27.7 Å². The van der Waals surface area contributed by atoms with Crippen LogP contribution in [-0.2, 0) is 21.3 Å². The van der Waals surface area contributed by atoms with E-state index in [4.69, 9.17) is 10.00 Å². The monoisotopic (exact) mass is 611 g/mol. The number of ether oxygens (including phenoxy) is 1. The van der Waals surface area contributed by atoms with Crippen LogP contribution in [0.2, 0.25) is 0 Å². The maximum absolute atomic E-state index is 13.6. The van der Waals surface area contributed by atoms with Gasteiger partial charge < -0.3 is 9.64 Å². The zero-order valence-electron chi connectivity index (χ0n) is 24.9. The highest BCUT2D eigenvalue weighted by Crippen LogP contribution is 2.41. The maximum Gasteiger partial charge on any atom is 0.417 e. The second-order valence-electron chi connectivity index (χ2n) is 11.3. The van der Waals surface area contributed by atoms with E-state index in [0.29, 0.717) is 25.5 Å². The van der Waals surface area contributed by atoms with Crippen molar-refractivity contribution in [2.24, 2.45) is 0 Å². The summed E-state index contributed by atoms with van der Waals surface area (Å²) in [5.41, 5.74) is -1.32. The Bertz CT molecular complexity index is 1610. The molecular formula is C36H32F3N3O3. The van der Waals surface area contributed by atoms with Gasteiger partial charge in [-0.1, -0.05) is 91.0 Å². The number of nitrogens with zero attached hydrogens (tertiary/aromatic N) is 3. The summed E-state index contributed by atoms with van der Waals surface area (Å²) in [6.07, 6.45) is -3.81. The first-order chi connectivity index (χ1) is 21.5. The van der Waals surface area contributed by atoms with Crippen LogP contribution in [0.5, 0.6) is 0 Å². The Morgan fingerprint density at radius 1 is 0.778 bits per heavy atom. The van der Waals surface area contributed by atoms with Crippen molar-refractivity contribution in [2.75, 3.05) is 18.1 Å². The minimum absolute atomic E-state index is 0.189. The molecule has 1 fully saturated rings. The molecule has 0 N–H and O–H groups in total. The highest BCUT2D eigenvalue weighted by Gasteiger charge is 2.52. The molecule has 9 heteroatoms. The summed E-state index contributed by atoms with van der Waals surface area (Å²) in [5, 5.41) is 9.14. The number of rotatable bonds is 10. The highest BCUT2D eigenvalue weighted by molar-refractivity contribution is 6.23. The SMILES string of the molecule is CC1(C)C(=O)N(c2ccc(C#N)c(C(F)(F)F)c2)C(=O)N1CCCCOC(c1ccccc1)(c1ccccc1)c1ccccc1. The molecule has 0 radical (unpaired) electrons. The van der Waals surface area contributed by atoms with Gasteiger partial charge in [0, 0.05) is 13.2 Å². The number of carbonyl (C=O) groups is 2. The summed E-state index contributed by atoms with van der Waals surface area (Å²) in [5.74, 6) is -0.641. The quantitative estimate of drug-likeness (QED) is 0.104. The van der Waals surface area contributed by atoms with Crippen molar-refractivity contribution in [1.29, 1.82) is 5.26 Å². The molecule has 4 aromatic carbocycles. The number of amides is 3. The highest BCUT2D eigenvalue weighted by atomic mass is 19.4. The number of urea groups is 1. The van der Waals surface area contributed by atoms with Crippen LogP contribution in [0.3, 0.4) is 0 Å². The Morgan fingerprint density at radius 3 is 1.76 bits per heavy atom. The number of carbonyl (C=O) groups excluding carboxylic acids is 2. The second kappa shape index (κ2) is 12.6. The minimum atomic E-state index is -4.82. The summed E-state index contributed by atoms with van der Waals surface area (Å²) in [6, 6.07) is 33.5. The van der Waals surface area contributed by atoms with Crippen LogP contribution in [0, 0.1) is 11.3 Å². The standard InChI is InChI=1S/C36H32F3N3O3/c1-34(2)32(43)42(30-21-20-26(25-40)31(24-30)36(37,38)39)33(44)41(34)22-12-13-23-45-35(27-14-6-3-7-15-27,28-16-8-4-9-17-28)29-18-10-5-11-19-29/h3-11,14-21,24H,12-13,22-23H2,1-2H3. The van der Waals surface area contributed by atoms with Crippen molar-refractivity contribution in [3.8, 4) is 6.07 Å². The zero-order chi connectivity index (χ0) is 32.2. The van der Waals surface area contributed by atoms with Crippen molar-refractivity contribution < 1.29 is 27.5 Å². The lowest BCUT2D eigenvalue weighted by Gasteiger charge is -2.36. The van der Waals surface area contributed by atoms with Crippen molar-refractivity contribution in [2.45, 2.75) is 44.0 Å². The van der Waals surface area contributed by atoms with Gasteiger partial charge in [0.1, 0.15) is 11.1 Å². The van der Waals surface area contributed by atoms with E-state index in [1.165, 1.54) is 17.0 Å². The van der Waals surface area contributed by atoms with Crippen molar-refractivity contribution in [1.82, 2.24) is 4.90 Å². The molecule has 0 atom stereocenters. The molecule has 3 amide bonds. The minimum Gasteiger partial charge on any atom is -0.361 e. The second-order valence-corrected chi connectivity index (χ2v) is 11.3. The van der Waals surface area contributed by atoms with Crippen LogP contribution < -0.4 is 4.90 Å². The molecule has 0 saturated carbocycles. The number of unbranched alkanes of at least 4 members (excludes halogenated alkanes) is 1. The summed E-state index contributed by atoms with van der Waals surface area (Å²) in [7, 11) is 0. The molecule has 4 aromatic rings. The van der Waals surface area contributed by atoms with Crippen LogP contribution >= 0.6 is 0 Å². The first-order valence-corrected chi connectivity index (χ1v) is 14.6. The Morgan fingerprint density at radius 2 is 1.29 bits per heavy atom. The molecule has 6 nitrogen and oxygen atoms in total. The van der Waals surface area contributed by atoms with E-state index in [9.17, 15) is 22.8 Å². The van der Waals surface area contributed by atoms with E-state index >= 15 is 0 Å². The smallest absolute Gasteiger partial charge is 0.361 e. The maximum atomic E-state index is 13.6. The van der Waals surface area contributed by atoms with Gasteiger partial charge in [0.15, 0.2) is 0 Å². The third-order valence-electron chi connectivity index (χ3n) is 8.15. The molecule has 0 spiro atoms. The average molecular weight is 612 g/mol. The molecule has 1 aliphatic rings. The van der Waals surface area contributed by atoms with Crippen LogP contribution in [0.4, 0.5) is 23.7 Å². The zero-order valence-corrected chi connectivity index (χ0v) is 24.9. The Balaban J connectivity index is 1.35. The van der Waals surface area contributed by atoms with Gasteiger partial charge in [0.25, 0.3) is 5.91 Å². The van der Waals surface area contributed by atoms with E-state index in [1.807, 2.05) is 91.0 Å². The first-order valence-electron chi connectivity index (χ1n) is 14.6. The average Bonchev–Trinajstić information content (AvgIpc) is 3.22. The summed E-state index contributed by atoms with van der Waals surface area (Å²) in [4.78, 5) is 29.0. The molecule has 5 rings (SSSR count). The van der Waals surface area contributed by atoms with Gasteiger partial charge in [-0.3, -0.25) is 4.79 Å². The van der Waals surface area contributed by atoms with Crippen LogP contribution in [0.25, 0.3) is 0 Å². The van der Waals surface area contributed by atoms with Crippen LogP contribution in [0.1, 0.15) is 54.5 Å². The van der Waals surface area contributed by atoms with Gasteiger partial charge in [-0.15, -0.1) is 0 Å². The number of imide groups is 1. The molecule has 0 aromatic heterocycles. The molecule has 1 heterocycles. The van der Waals surface area contributed by atoms with Crippen molar-refractivity contribution in [3.63, 3.8) is 0 Å². The predicted molar refractivity (Wildman–Crippen MR) is 164 cm³/mol. The van der Waals surface area contributed by atoms with E-state index in [1.54, 1.807) is 13.8 Å². The molecule has 230 valence electrons. The summed E-state index contributed by atoms with van der Waals surface area (Å²) >= 11 is 0. The van der Waals surface area contributed by atoms with Crippen molar-refractivity contribution >= 4 is 17.6 Å². The number of halogens is 3. The van der Waals surface area contributed by atoms with E-state index in [-0.39, 0.29) is 12.2 Å². The lowest BCUT2D eigenvalue weighted by Crippen LogP contribution is -2.44. The Labute approximate surface area is 260 Å². The lowest BCUT2D eigenvalue weighted by atomic mass is 9.80. The van der Waals surface area contributed by atoms with Gasteiger partial charge in [-0.05, 0) is 61.6 Å². The fourth-order valence-corrected chi connectivity index (χ4v) is 5.81. The van der Waals surface area contributed by atoms with Crippen LogP contribution in [-0.4, -0.2) is 35.5 Å². The molecular weight excluding hydrogens is 579 g/mol. The van der Waals surface area contributed by atoms with E-state index < -0.39 is 40.4 Å². The fraction of sp³-hybridized carbons (Fsp3) is 0.250. The van der Waals surface area contributed by atoms with Gasteiger partial charge in [-0.2, -0.15) is 18.4 Å². The Hall–Kier alpha value is -4.94. The number of hydrogen-bond donors (Lipinski definition) is 0. The number of benzene rings is 4. The molecule has 1 aliphatic heterocycles. The molecule has 1 saturated heterocycles. The summed E-state index contributed by atoms with van der Waals surface area (Å²) < 4.78 is 47.6. The molecule has 45 heavy (non-hydrogen) atoms. The first kappa shape index (κ1) is 31.5. The Kier molecular flexibility index (Phi) is 8.80. The lowest BCUT2D eigenvalue weighted by molar-refractivity contribution is -0.137. The van der Waals surface area contributed by atoms with Gasteiger partial charge >= 0.3 is 12.2 Å². The van der Waals surface area contributed by atoms with Crippen LogP contribution in [0.15, 0.2) is 109 Å². The topological polar surface area (TPSA) is 73.6 Å². The van der Waals surface area contributed by atoms with Gasteiger partial charge in [0.05, 0.1) is 22.9 Å². The van der Waals surface area contributed by atoms with Gasteiger partial charge in [0.2, 0.25) is 0 Å². The number of nitriles is 1. The summed E-state index contributed by atoms with van der Waals surface area (Å²) in [6.45, 7) is 3.66. The fourth-order valence-electron chi connectivity index (χ4n) is 5.81. The van der Waals surface area contributed by atoms with E-state index in [2.05, 4.69) is 0 Å². The number of hydrogen-bond acceptors (Lipinski definition) is 4. The van der Waals surface area contributed by atoms with Crippen molar-refractivity contribution in [3.05, 3.63) is 137 Å². The number of anilines is 1. The number of alkyl halides is 3. The molecule has 0 aliphatic carbocycles. The third-order valence-corrected chi connectivity index (χ3v) is 8.15. The largest absolute Gasteiger partial charge is 0.417 e. The normalized spacial score (nSPS) is 14.9. The molecule has 0 bridgehead atoms. The molecule has 0 unspecified atom stereocenters.